The Labute approximate surface area is 159 Å². The number of likely N-dealkylation sites (tertiary alicyclic amines) is 1. The van der Waals surface area contributed by atoms with E-state index in [1.165, 1.54) is 6.20 Å². The number of hydrogen-bond donors (Lipinski definition) is 2. The predicted octanol–water partition coefficient (Wildman–Crippen LogP) is 4.19. The third-order valence-corrected chi connectivity index (χ3v) is 4.04. The molecule has 0 radical (unpaired) electrons. The number of carbonyl (C=O) groups is 1. The number of hydrogen-bond acceptors (Lipinski definition) is 5. The Morgan fingerprint density at radius 1 is 1.30 bits per heavy atom. The van der Waals surface area contributed by atoms with Gasteiger partial charge in [-0.25, -0.2) is 9.97 Å². The van der Waals surface area contributed by atoms with Crippen LogP contribution in [0, 0.1) is 0 Å². The summed E-state index contributed by atoms with van der Waals surface area (Å²) in [5.41, 5.74) is -0.266. The van der Waals surface area contributed by atoms with Crippen molar-refractivity contribution in [2.75, 3.05) is 18.4 Å². The number of nitrogens with zero attached hydrogens (tertiary/aromatic N) is 3. The molecular formula is C17H18ClF3N4O2. The highest BCUT2D eigenvalue weighted by atomic mass is 35.5. The minimum atomic E-state index is -4.53. The maximum Gasteiger partial charge on any atom is 0.433 e. The van der Waals surface area contributed by atoms with E-state index in [-0.39, 0.29) is 24.5 Å². The number of anilines is 2. The summed E-state index contributed by atoms with van der Waals surface area (Å²) in [5, 5.41) is 10.1. The van der Waals surface area contributed by atoms with Crippen LogP contribution in [0.5, 0.6) is 0 Å². The van der Waals surface area contributed by atoms with E-state index in [0.29, 0.717) is 10.7 Å². The highest BCUT2D eigenvalue weighted by Gasteiger charge is 2.36. The van der Waals surface area contributed by atoms with E-state index in [4.69, 9.17) is 21.5 Å². The summed E-state index contributed by atoms with van der Waals surface area (Å²) >= 11 is 5.87. The van der Waals surface area contributed by atoms with E-state index in [1.54, 1.807) is 24.3 Å². The number of nitrogens with one attached hydrogen (secondary N) is 1. The van der Waals surface area contributed by atoms with Gasteiger partial charge >= 0.3 is 6.18 Å². The molecule has 1 saturated heterocycles. The number of halogens is 4. The summed E-state index contributed by atoms with van der Waals surface area (Å²) in [4.78, 5) is 18.1. The third kappa shape index (κ3) is 6.37. The fourth-order valence-corrected chi connectivity index (χ4v) is 2.90. The molecule has 146 valence electrons. The van der Waals surface area contributed by atoms with Crippen LogP contribution >= 0.6 is 11.6 Å². The number of aromatic nitrogens is 2. The summed E-state index contributed by atoms with van der Waals surface area (Å²) in [6, 6.07) is 6.64. The lowest BCUT2D eigenvalue weighted by Crippen LogP contribution is -2.23. The van der Waals surface area contributed by atoms with Gasteiger partial charge in [-0.05, 0) is 44.1 Å². The molecule has 6 nitrogen and oxygen atoms in total. The molecule has 10 heteroatoms. The maximum atomic E-state index is 13.3. The zero-order chi connectivity index (χ0) is 19.9. The normalized spacial score (nSPS) is 14.4. The molecule has 2 N–H and O–H groups in total. The van der Waals surface area contributed by atoms with Crippen LogP contribution in [-0.4, -0.2) is 39.5 Å². The van der Waals surface area contributed by atoms with Gasteiger partial charge in [0.25, 0.3) is 6.47 Å². The van der Waals surface area contributed by atoms with E-state index >= 15 is 0 Å². The van der Waals surface area contributed by atoms with Gasteiger partial charge in [0.05, 0.1) is 0 Å². The van der Waals surface area contributed by atoms with Gasteiger partial charge in [-0.15, -0.1) is 0 Å². The quantitative estimate of drug-likeness (QED) is 0.747. The Hall–Kier alpha value is -2.39. The lowest BCUT2D eigenvalue weighted by molar-refractivity contribution is -0.142. The number of alkyl halides is 3. The molecule has 27 heavy (non-hydrogen) atoms. The first-order valence-corrected chi connectivity index (χ1v) is 8.47. The van der Waals surface area contributed by atoms with Crippen molar-refractivity contribution in [3.63, 3.8) is 0 Å². The molecule has 0 amide bonds. The Kier molecular flexibility index (Phi) is 7.37. The Morgan fingerprint density at radius 3 is 2.56 bits per heavy atom. The molecule has 0 unspecified atom stereocenters. The molecule has 0 spiro atoms. The van der Waals surface area contributed by atoms with Crippen LogP contribution in [-0.2, 0) is 17.5 Å². The van der Waals surface area contributed by atoms with E-state index in [0.717, 1.165) is 25.9 Å². The number of benzene rings is 1. The van der Waals surface area contributed by atoms with Crippen molar-refractivity contribution >= 4 is 29.7 Å². The third-order valence-electron chi connectivity index (χ3n) is 3.81. The van der Waals surface area contributed by atoms with Crippen LogP contribution in [0.25, 0.3) is 0 Å². The number of rotatable bonds is 4. The average Bonchev–Trinajstić information content (AvgIpc) is 3.09. The second-order valence-corrected chi connectivity index (χ2v) is 6.23. The van der Waals surface area contributed by atoms with Crippen LogP contribution in [0.15, 0.2) is 30.5 Å². The molecule has 1 aromatic heterocycles. The van der Waals surface area contributed by atoms with Gasteiger partial charge in [0.1, 0.15) is 0 Å². The van der Waals surface area contributed by atoms with E-state index < -0.39 is 11.9 Å². The van der Waals surface area contributed by atoms with Gasteiger partial charge in [-0.1, -0.05) is 17.7 Å². The first kappa shape index (κ1) is 20.9. The van der Waals surface area contributed by atoms with E-state index in [2.05, 4.69) is 15.3 Å². The second-order valence-electron chi connectivity index (χ2n) is 5.79. The monoisotopic (exact) mass is 402 g/mol. The van der Waals surface area contributed by atoms with Crippen molar-refractivity contribution in [3.05, 3.63) is 46.7 Å². The predicted molar refractivity (Wildman–Crippen MR) is 95.0 cm³/mol. The second kappa shape index (κ2) is 9.52. The van der Waals surface area contributed by atoms with Crippen molar-refractivity contribution < 1.29 is 23.1 Å². The van der Waals surface area contributed by atoms with Crippen molar-refractivity contribution in [1.82, 2.24) is 14.9 Å². The van der Waals surface area contributed by atoms with Crippen molar-refractivity contribution in [2.45, 2.75) is 25.6 Å². The topological polar surface area (TPSA) is 78.4 Å². The average molecular weight is 403 g/mol. The highest BCUT2D eigenvalue weighted by Crippen LogP contribution is 2.32. The van der Waals surface area contributed by atoms with Gasteiger partial charge in [-0.3, -0.25) is 9.69 Å². The maximum absolute atomic E-state index is 13.3. The lowest BCUT2D eigenvalue weighted by Gasteiger charge is -2.18. The van der Waals surface area contributed by atoms with Crippen molar-refractivity contribution in [3.8, 4) is 0 Å². The van der Waals surface area contributed by atoms with E-state index in [9.17, 15) is 13.2 Å². The molecular weight excluding hydrogens is 385 g/mol. The summed E-state index contributed by atoms with van der Waals surface area (Å²) < 4.78 is 40.0. The van der Waals surface area contributed by atoms with Gasteiger partial charge in [0, 0.05) is 29.0 Å². The standard InChI is InChI=1S/C16H16ClF3N4.CH2O2/c17-12-4-3-5-13(8-12)22-15-21-9-11(10-24-6-1-2-7-24)14(23-15)16(18,19)20;2-1-3/h3-5,8-9H,1-2,6-7,10H2,(H,21,22,23);1H,(H,2,3). The zero-order valence-corrected chi connectivity index (χ0v) is 15.0. The highest BCUT2D eigenvalue weighted by molar-refractivity contribution is 6.30. The summed E-state index contributed by atoms with van der Waals surface area (Å²) in [5.74, 6) is -0.102. The fourth-order valence-electron chi connectivity index (χ4n) is 2.71. The molecule has 0 bridgehead atoms. The lowest BCUT2D eigenvalue weighted by atomic mass is 10.2. The molecule has 2 heterocycles. The van der Waals surface area contributed by atoms with Gasteiger partial charge in [0.2, 0.25) is 5.95 Å². The van der Waals surface area contributed by atoms with Gasteiger partial charge < -0.3 is 10.4 Å². The Bertz CT molecular complexity index is 768. The first-order valence-electron chi connectivity index (χ1n) is 8.09. The summed E-state index contributed by atoms with van der Waals surface area (Å²) in [7, 11) is 0. The van der Waals surface area contributed by atoms with Gasteiger partial charge in [0.15, 0.2) is 5.69 Å². The largest absolute Gasteiger partial charge is 0.483 e. The Balaban J connectivity index is 0.000000817. The SMILES string of the molecule is FC(F)(F)c1nc(Nc2cccc(Cl)c2)ncc1CN1CCCC1.O=CO. The molecule has 0 atom stereocenters. The first-order chi connectivity index (χ1) is 12.8. The minimum absolute atomic E-state index is 0.0982. The molecule has 1 aliphatic heterocycles. The number of carboxylic acid groups (broad SMARTS) is 1. The van der Waals surface area contributed by atoms with Crippen molar-refractivity contribution in [1.29, 1.82) is 0 Å². The molecule has 0 aliphatic carbocycles. The van der Waals surface area contributed by atoms with Crippen molar-refractivity contribution in [2.24, 2.45) is 0 Å². The van der Waals surface area contributed by atoms with E-state index in [1.807, 2.05) is 4.90 Å². The van der Waals surface area contributed by atoms with Crippen LogP contribution in [0.2, 0.25) is 5.02 Å². The minimum Gasteiger partial charge on any atom is -0.483 e. The van der Waals surface area contributed by atoms with Crippen LogP contribution in [0.4, 0.5) is 24.8 Å². The Morgan fingerprint density at radius 2 is 1.96 bits per heavy atom. The van der Waals surface area contributed by atoms with Gasteiger partial charge in [-0.2, -0.15) is 13.2 Å². The zero-order valence-electron chi connectivity index (χ0n) is 14.2. The molecule has 1 aromatic carbocycles. The molecule has 0 saturated carbocycles. The van der Waals surface area contributed by atoms with Crippen LogP contribution < -0.4 is 5.32 Å². The smallest absolute Gasteiger partial charge is 0.433 e. The van der Waals surface area contributed by atoms with Crippen LogP contribution in [0.3, 0.4) is 0 Å². The molecule has 1 aliphatic rings. The summed E-state index contributed by atoms with van der Waals surface area (Å²) in [6.07, 6.45) is -1.25. The molecule has 3 rings (SSSR count). The van der Waals surface area contributed by atoms with Crippen LogP contribution in [0.1, 0.15) is 24.1 Å². The molecule has 1 fully saturated rings. The summed E-state index contributed by atoms with van der Waals surface area (Å²) in [6.45, 7) is 1.58. The molecule has 2 aromatic rings. The fraction of sp³-hybridized carbons (Fsp3) is 0.353.